The summed E-state index contributed by atoms with van der Waals surface area (Å²) < 4.78 is 43.9. The molecule has 204 valence electrons. The fraction of sp³-hybridized carbons (Fsp3) is 0.214. The van der Waals surface area contributed by atoms with E-state index in [2.05, 4.69) is 5.16 Å². The van der Waals surface area contributed by atoms with E-state index in [4.69, 9.17) is 37.2 Å². The van der Waals surface area contributed by atoms with Crippen LogP contribution in [0.25, 0.3) is 11.3 Å². The standard InChI is InChI=1S/C28H26Cl2N2O6S/c1-17(2)27-22(26(31-38-27)25-23(29)9-6-10-24(25)30)16-37-20-13-11-19(12-14-20)32(3)39(34,35)21-8-5-7-18(15-21)28(33)36-4/h5-15,17H,16H2,1-4H3. The van der Waals surface area contributed by atoms with Crippen molar-refractivity contribution < 1.29 is 27.2 Å². The third kappa shape index (κ3) is 5.90. The molecule has 39 heavy (non-hydrogen) atoms. The number of anilines is 1. The quantitative estimate of drug-likeness (QED) is 0.195. The van der Waals surface area contributed by atoms with Crippen molar-refractivity contribution in [1.29, 1.82) is 0 Å². The van der Waals surface area contributed by atoms with E-state index in [-0.39, 0.29) is 23.0 Å². The lowest BCUT2D eigenvalue weighted by Gasteiger charge is -2.20. The van der Waals surface area contributed by atoms with E-state index in [1.54, 1.807) is 42.5 Å². The third-order valence-corrected chi connectivity index (χ3v) is 8.45. The Balaban J connectivity index is 1.56. The minimum Gasteiger partial charge on any atom is -0.489 e. The summed E-state index contributed by atoms with van der Waals surface area (Å²) in [5.74, 6) is 0.566. The van der Waals surface area contributed by atoms with Gasteiger partial charge in [0.15, 0.2) is 0 Å². The number of esters is 1. The van der Waals surface area contributed by atoms with E-state index in [1.807, 2.05) is 13.8 Å². The Bertz CT molecular complexity index is 1580. The molecule has 3 aromatic carbocycles. The largest absolute Gasteiger partial charge is 0.489 e. The van der Waals surface area contributed by atoms with Crippen molar-refractivity contribution in [1.82, 2.24) is 5.16 Å². The number of carbonyl (C=O) groups is 1. The van der Waals surface area contributed by atoms with Crippen molar-refractivity contribution >= 4 is 44.9 Å². The minimum atomic E-state index is -3.94. The summed E-state index contributed by atoms with van der Waals surface area (Å²) in [6.07, 6.45) is 0. The summed E-state index contributed by atoms with van der Waals surface area (Å²) in [5, 5.41) is 5.12. The van der Waals surface area contributed by atoms with Gasteiger partial charge < -0.3 is 14.0 Å². The zero-order valence-electron chi connectivity index (χ0n) is 21.6. The van der Waals surface area contributed by atoms with Crippen LogP contribution in [0.5, 0.6) is 5.75 Å². The smallest absolute Gasteiger partial charge is 0.337 e. The molecule has 0 aliphatic heterocycles. The van der Waals surface area contributed by atoms with Crippen LogP contribution in [0, 0.1) is 0 Å². The lowest BCUT2D eigenvalue weighted by atomic mass is 10.0. The topological polar surface area (TPSA) is 98.9 Å². The molecule has 1 aromatic heterocycles. The number of hydrogen-bond acceptors (Lipinski definition) is 7. The molecule has 8 nitrogen and oxygen atoms in total. The Morgan fingerprint density at radius 1 is 1.03 bits per heavy atom. The molecule has 0 saturated heterocycles. The average Bonchev–Trinajstić information content (AvgIpc) is 3.35. The van der Waals surface area contributed by atoms with Crippen molar-refractivity contribution in [3.8, 4) is 17.0 Å². The van der Waals surface area contributed by atoms with Crippen LogP contribution >= 0.6 is 23.2 Å². The molecule has 0 aliphatic rings. The average molecular weight is 589 g/mol. The molecule has 0 fully saturated rings. The predicted octanol–water partition coefficient (Wildman–Crippen LogP) is 6.96. The zero-order valence-corrected chi connectivity index (χ0v) is 24.0. The van der Waals surface area contributed by atoms with Crippen molar-refractivity contribution in [2.75, 3.05) is 18.5 Å². The fourth-order valence-electron chi connectivity index (χ4n) is 3.94. The molecule has 0 aliphatic carbocycles. The van der Waals surface area contributed by atoms with Gasteiger partial charge in [0, 0.05) is 18.5 Å². The van der Waals surface area contributed by atoms with E-state index < -0.39 is 16.0 Å². The summed E-state index contributed by atoms with van der Waals surface area (Å²) in [5.41, 5.74) is 2.33. The first kappa shape index (κ1) is 28.5. The van der Waals surface area contributed by atoms with Crippen LogP contribution in [-0.2, 0) is 21.4 Å². The number of nitrogens with zero attached hydrogens (tertiary/aromatic N) is 2. The summed E-state index contributed by atoms with van der Waals surface area (Å²) in [4.78, 5) is 11.8. The Kier molecular flexibility index (Phi) is 8.54. The van der Waals surface area contributed by atoms with Crippen LogP contribution in [-0.4, -0.2) is 33.7 Å². The molecule has 0 atom stereocenters. The van der Waals surface area contributed by atoms with Gasteiger partial charge in [-0.25, -0.2) is 13.2 Å². The molecule has 1 heterocycles. The molecule has 4 aromatic rings. The van der Waals surface area contributed by atoms with Gasteiger partial charge >= 0.3 is 5.97 Å². The van der Waals surface area contributed by atoms with Gasteiger partial charge in [-0.2, -0.15) is 0 Å². The van der Waals surface area contributed by atoms with Gasteiger partial charge in [-0.1, -0.05) is 54.3 Å². The first-order valence-corrected chi connectivity index (χ1v) is 14.1. The van der Waals surface area contributed by atoms with Gasteiger partial charge in [0.25, 0.3) is 10.0 Å². The molecule has 4 rings (SSSR count). The van der Waals surface area contributed by atoms with Crippen molar-refractivity contribution in [2.45, 2.75) is 31.3 Å². The SMILES string of the molecule is COC(=O)c1cccc(S(=O)(=O)N(C)c2ccc(OCc3c(-c4c(Cl)cccc4Cl)noc3C(C)C)cc2)c1. The van der Waals surface area contributed by atoms with Crippen LogP contribution in [0.15, 0.2) is 76.1 Å². The predicted molar refractivity (Wildman–Crippen MR) is 150 cm³/mol. The maximum absolute atomic E-state index is 13.2. The van der Waals surface area contributed by atoms with Crippen molar-refractivity contribution in [2.24, 2.45) is 0 Å². The molecule has 0 radical (unpaired) electrons. The molecular formula is C28H26Cl2N2O6S. The Morgan fingerprint density at radius 2 is 1.67 bits per heavy atom. The summed E-state index contributed by atoms with van der Waals surface area (Å²) >= 11 is 12.8. The van der Waals surface area contributed by atoms with Crippen molar-refractivity contribution in [3.63, 3.8) is 0 Å². The molecule has 0 spiro atoms. The van der Waals surface area contributed by atoms with E-state index in [9.17, 15) is 13.2 Å². The molecule has 0 N–H and O–H groups in total. The summed E-state index contributed by atoms with van der Waals surface area (Å²) in [6, 6.07) is 17.5. The molecule has 0 bridgehead atoms. The number of benzene rings is 3. The van der Waals surface area contributed by atoms with E-state index in [1.165, 1.54) is 38.4 Å². The third-order valence-electron chi connectivity index (χ3n) is 6.04. The van der Waals surface area contributed by atoms with Crippen LogP contribution < -0.4 is 9.04 Å². The maximum atomic E-state index is 13.2. The highest BCUT2D eigenvalue weighted by Gasteiger charge is 2.25. The lowest BCUT2D eigenvalue weighted by Crippen LogP contribution is -2.26. The molecule has 11 heteroatoms. The maximum Gasteiger partial charge on any atom is 0.337 e. The highest BCUT2D eigenvalue weighted by molar-refractivity contribution is 7.92. The first-order chi connectivity index (χ1) is 18.5. The fourth-order valence-corrected chi connectivity index (χ4v) is 5.76. The Hall–Kier alpha value is -3.53. The number of halogens is 2. The first-order valence-electron chi connectivity index (χ1n) is 11.9. The summed E-state index contributed by atoms with van der Waals surface area (Å²) in [7, 11) is -1.27. The minimum absolute atomic E-state index is 0.0324. The van der Waals surface area contributed by atoms with Gasteiger partial charge in [-0.15, -0.1) is 0 Å². The zero-order chi connectivity index (χ0) is 28.3. The van der Waals surface area contributed by atoms with E-state index >= 15 is 0 Å². The second-order valence-corrected chi connectivity index (χ2v) is 11.7. The van der Waals surface area contributed by atoms with Gasteiger partial charge in [-0.05, 0) is 54.6 Å². The molecule has 0 amide bonds. The van der Waals surface area contributed by atoms with Crippen LogP contribution in [0.4, 0.5) is 5.69 Å². The Morgan fingerprint density at radius 3 is 2.28 bits per heavy atom. The molecule has 0 unspecified atom stereocenters. The number of methoxy groups -OCH3 is 1. The Labute approximate surface area is 237 Å². The van der Waals surface area contributed by atoms with Crippen LogP contribution in [0.1, 0.15) is 41.4 Å². The molecular weight excluding hydrogens is 563 g/mol. The van der Waals surface area contributed by atoms with Gasteiger partial charge in [0.1, 0.15) is 23.8 Å². The van der Waals surface area contributed by atoms with Gasteiger partial charge in [0.2, 0.25) is 0 Å². The van der Waals surface area contributed by atoms with Crippen LogP contribution in [0.3, 0.4) is 0 Å². The number of sulfonamides is 1. The second kappa shape index (κ2) is 11.7. The van der Waals surface area contributed by atoms with Crippen LogP contribution in [0.2, 0.25) is 10.0 Å². The second-order valence-electron chi connectivity index (χ2n) is 8.90. The highest BCUT2D eigenvalue weighted by atomic mass is 35.5. The number of carbonyl (C=O) groups excluding carboxylic acids is 1. The number of rotatable bonds is 9. The van der Waals surface area contributed by atoms with Gasteiger partial charge in [-0.3, -0.25) is 4.31 Å². The van der Waals surface area contributed by atoms with E-state index in [0.717, 1.165) is 4.31 Å². The van der Waals surface area contributed by atoms with E-state index in [0.29, 0.717) is 44.1 Å². The monoisotopic (exact) mass is 588 g/mol. The normalized spacial score (nSPS) is 11.5. The van der Waals surface area contributed by atoms with Gasteiger partial charge in [0.05, 0.1) is 38.9 Å². The molecule has 0 saturated carbocycles. The number of hydrogen-bond donors (Lipinski definition) is 0. The highest BCUT2D eigenvalue weighted by Crippen LogP contribution is 2.39. The number of aromatic nitrogens is 1. The lowest BCUT2D eigenvalue weighted by molar-refractivity contribution is 0.0600. The van der Waals surface area contributed by atoms with Crippen molar-refractivity contribution in [3.05, 3.63) is 93.7 Å². The summed E-state index contributed by atoms with van der Waals surface area (Å²) in [6.45, 7) is 4.09. The number of ether oxygens (including phenoxy) is 2.